The van der Waals surface area contributed by atoms with Crippen molar-refractivity contribution in [2.45, 2.75) is 11.3 Å². The number of para-hydroxylation sites is 1. The van der Waals surface area contributed by atoms with E-state index in [0.717, 1.165) is 15.6 Å². The molecule has 6 nitrogen and oxygen atoms in total. The number of fused-ring (bicyclic) bond motifs is 2. The smallest absolute Gasteiger partial charge is 0.269 e. The lowest BCUT2D eigenvalue weighted by Gasteiger charge is -2.19. The minimum atomic E-state index is -3.68. The summed E-state index contributed by atoms with van der Waals surface area (Å²) in [6.45, 7) is 0.415. The van der Waals surface area contributed by atoms with Crippen molar-refractivity contribution < 1.29 is 13.2 Å². The molecule has 5 rings (SSSR count). The van der Waals surface area contributed by atoms with Gasteiger partial charge in [-0.3, -0.25) is 14.4 Å². The Morgan fingerprint density at radius 2 is 1.71 bits per heavy atom. The van der Waals surface area contributed by atoms with Gasteiger partial charge in [0.15, 0.2) is 5.11 Å². The Kier molecular flexibility index (Phi) is 6.03. The number of amides is 1. The number of carbonyl (C=O) groups excluding carboxylic acids is 1. The fraction of sp³-hybridized carbons (Fsp3) is 0.0833. The van der Waals surface area contributed by atoms with Crippen molar-refractivity contribution in [2.75, 3.05) is 16.2 Å². The molecule has 0 radical (unpaired) electrons. The summed E-state index contributed by atoms with van der Waals surface area (Å²) < 4.78 is 28.6. The summed E-state index contributed by atoms with van der Waals surface area (Å²) in [5.74, 6) is -0.407. The standard InChI is InChI=1S/C24H18ClN3O3S3/c25-21-18-6-2-4-8-20(18)33-22(21)23(29)27-24(32)26-16-9-11-17(12-10-16)34(30,31)28-14-13-15-5-1-3-7-19(15)28/h1-12H,13-14H2,(H2,26,27,29,32). The summed E-state index contributed by atoms with van der Waals surface area (Å²) in [5.41, 5.74) is 2.28. The van der Waals surface area contributed by atoms with Crippen molar-refractivity contribution in [1.82, 2.24) is 5.32 Å². The molecule has 0 saturated carbocycles. The summed E-state index contributed by atoms with van der Waals surface area (Å²) >= 11 is 12.9. The first-order chi connectivity index (χ1) is 16.3. The van der Waals surface area contributed by atoms with Gasteiger partial charge in [0.2, 0.25) is 0 Å². The molecular formula is C24H18ClN3O3S3. The van der Waals surface area contributed by atoms with Gasteiger partial charge in [-0.05, 0) is 60.6 Å². The molecule has 3 aromatic carbocycles. The van der Waals surface area contributed by atoms with Crippen LogP contribution in [-0.4, -0.2) is 26.0 Å². The SMILES string of the molecule is O=C(NC(=S)Nc1ccc(S(=O)(=O)N2CCc3ccccc32)cc1)c1sc2ccccc2c1Cl. The highest BCUT2D eigenvalue weighted by atomic mass is 35.5. The first kappa shape index (κ1) is 22.8. The van der Waals surface area contributed by atoms with E-state index in [-0.39, 0.29) is 10.0 Å². The number of carbonyl (C=O) groups is 1. The van der Waals surface area contributed by atoms with Gasteiger partial charge in [0, 0.05) is 22.3 Å². The third-order valence-corrected chi connectivity index (χ3v) is 9.22. The molecule has 0 bridgehead atoms. The van der Waals surface area contributed by atoms with Crippen LogP contribution in [0.5, 0.6) is 0 Å². The predicted octanol–water partition coefficient (Wildman–Crippen LogP) is 5.43. The van der Waals surface area contributed by atoms with Crippen LogP contribution in [0.3, 0.4) is 0 Å². The van der Waals surface area contributed by atoms with Crippen LogP contribution in [0.4, 0.5) is 11.4 Å². The largest absolute Gasteiger partial charge is 0.332 e. The zero-order chi connectivity index (χ0) is 23.9. The van der Waals surface area contributed by atoms with Gasteiger partial charge in [0.1, 0.15) is 4.88 Å². The van der Waals surface area contributed by atoms with E-state index in [9.17, 15) is 13.2 Å². The van der Waals surface area contributed by atoms with Gasteiger partial charge >= 0.3 is 0 Å². The van der Waals surface area contributed by atoms with E-state index in [0.29, 0.717) is 34.2 Å². The van der Waals surface area contributed by atoms with E-state index in [2.05, 4.69) is 10.6 Å². The zero-order valence-electron chi connectivity index (χ0n) is 17.6. The maximum absolute atomic E-state index is 13.2. The molecule has 0 spiro atoms. The van der Waals surface area contributed by atoms with Crippen LogP contribution in [0.15, 0.2) is 77.7 Å². The Balaban J connectivity index is 1.27. The maximum atomic E-state index is 13.2. The topological polar surface area (TPSA) is 78.5 Å². The molecule has 2 N–H and O–H groups in total. The van der Waals surface area contributed by atoms with Gasteiger partial charge in [-0.25, -0.2) is 8.42 Å². The van der Waals surface area contributed by atoms with E-state index in [1.54, 1.807) is 12.1 Å². The second-order valence-electron chi connectivity index (χ2n) is 7.63. The number of halogens is 1. The Morgan fingerprint density at radius 3 is 2.47 bits per heavy atom. The number of anilines is 2. The fourth-order valence-corrected chi connectivity index (χ4v) is 7.00. The van der Waals surface area contributed by atoms with Crippen molar-refractivity contribution in [2.24, 2.45) is 0 Å². The van der Waals surface area contributed by atoms with Crippen LogP contribution in [0.1, 0.15) is 15.2 Å². The summed E-state index contributed by atoms with van der Waals surface area (Å²) in [6.07, 6.45) is 0.687. The molecule has 0 atom stereocenters. The van der Waals surface area contributed by atoms with Gasteiger partial charge in [0.25, 0.3) is 15.9 Å². The Labute approximate surface area is 211 Å². The first-order valence-corrected chi connectivity index (χ1v) is 13.4. The minimum Gasteiger partial charge on any atom is -0.332 e. The van der Waals surface area contributed by atoms with Crippen LogP contribution in [0, 0.1) is 0 Å². The van der Waals surface area contributed by atoms with Gasteiger partial charge in [-0.15, -0.1) is 11.3 Å². The fourth-order valence-electron chi connectivity index (χ4n) is 3.88. The Hall–Kier alpha value is -2.98. The summed E-state index contributed by atoms with van der Waals surface area (Å²) in [4.78, 5) is 13.2. The van der Waals surface area contributed by atoms with E-state index in [4.69, 9.17) is 23.8 Å². The number of thiophene rings is 1. The van der Waals surface area contributed by atoms with Crippen molar-refractivity contribution in [3.8, 4) is 0 Å². The minimum absolute atomic E-state index is 0.0857. The summed E-state index contributed by atoms with van der Waals surface area (Å²) in [5, 5.41) is 6.83. The molecule has 0 saturated heterocycles. The van der Waals surface area contributed by atoms with E-state index < -0.39 is 15.9 Å². The van der Waals surface area contributed by atoms with Crippen LogP contribution in [-0.2, 0) is 16.4 Å². The molecule has 1 aliphatic rings. The molecule has 1 amide bonds. The third kappa shape index (κ3) is 4.16. The molecule has 34 heavy (non-hydrogen) atoms. The molecule has 1 aliphatic heterocycles. The highest BCUT2D eigenvalue weighted by molar-refractivity contribution is 7.92. The van der Waals surface area contributed by atoms with Crippen molar-refractivity contribution >= 4 is 77.7 Å². The Bertz CT molecular complexity index is 1530. The van der Waals surface area contributed by atoms with E-state index in [1.165, 1.54) is 27.8 Å². The number of nitrogens with zero attached hydrogens (tertiary/aromatic N) is 1. The quantitative estimate of drug-likeness (QED) is 0.346. The average molecular weight is 528 g/mol. The Morgan fingerprint density at radius 1 is 1.00 bits per heavy atom. The number of rotatable bonds is 4. The molecular weight excluding hydrogens is 510 g/mol. The normalized spacial score (nSPS) is 13.0. The molecule has 0 aliphatic carbocycles. The molecule has 172 valence electrons. The van der Waals surface area contributed by atoms with E-state index >= 15 is 0 Å². The van der Waals surface area contributed by atoms with Crippen molar-refractivity contribution in [3.05, 3.63) is 88.3 Å². The van der Waals surface area contributed by atoms with Crippen molar-refractivity contribution in [3.63, 3.8) is 0 Å². The number of benzene rings is 3. The molecule has 0 fully saturated rings. The lowest BCUT2D eigenvalue weighted by Crippen LogP contribution is -2.33. The van der Waals surface area contributed by atoms with Gasteiger partial charge in [-0.1, -0.05) is 48.0 Å². The predicted molar refractivity (Wildman–Crippen MR) is 142 cm³/mol. The summed E-state index contributed by atoms with van der Waals surface area (Å²) in [6, 6.07) is 21.3. The monoisotopic (exact) mass is 527 g/mol. The molecule has 10 heteroatoms. The number of hydrogen-bond donors (Lipinski definition) is 2. The van der Waals surface area contributed by atoms with Gasteiger partial charge in [0.05, 0.1) is 15.6 Å². The highest BCUT2D eigenvalue weighted by Gasteiger charge is 2.30. The van der Waals surface area contributed by atoms with Crippen LogP contribution in [0.25, 0.3) is 10.1 Å². The van der Waals surface area contributed by atoms with E-state index in [1.807, 2.05) is 48.5 Å². The molecule has 1 aromatic heterocycles. The van der Waals surface area contributed by atoms with Gasteiger partial charge in [-0.2, -0.15) is 0 Å². The lowest BCUT2D eigenvalue weighted by molar-refractivity contribution is 0.0982. The highest BCUT2D eigenvalue weighted by Crippen LogP contribution is 2.35. The maximum Gasteiger partial charge on any atom is 0.269 e. The number of nitrogens with one attached hydrogen (secondary N) is 2. The molecule has 4 aromatic rings. The number of sulfonamides is 1. The number of thiocarbonyl (C=S) groups is 1. The average Bonchev–Trinajstić information content (AvgIpc) is 3.41. The molecule has 2 heterocycles. The van der Waals surface area contributed by atoms with Crippen LogP contribution in [0.2, 0.25) is 5.02 Å². The second-order valence-corrected chi connectivity index (χ2v) is 11.3. The van der Waals surface area contributed by atoms with Gasteiger partial charge < -0.3 is 5.32 Å². The summed E-state index contributed by atoms with van der Waals surface area (Å²) in [7, 11) is -3.68. The zero-order valence-corrected chi connectivity index (χ0v) is 20.8. The second kappa shape index (κ2) is 8.99. The third-order valence-electron chi connectivity index (χ3n) is 5.51. The lowest BCUT2D eigenvalue weighted by atomic mass is 10.2. The number of hydrogen-bond acceptors (Lipinski definition) is 5. The molecule has 0 unspecified atom stereocenters. The van der Waals surface area contributed by atoms with Crippen LogP contribution >= 0.6 is 35.2 Å². The van der Waals surface area contributed by atoms with Crippen molar-refractivity contribution in [1.29, 1.82) is 0 Å². The van der Waals surface area contributed by atoms with Crippen LogP contribution < -0.4 is 14.9 Å². The first-order valence-electron chi connectivity index (χ1n) is 10.3.